The molecule has 0 radical (unpaired) electrons. The third kappa shape index (κ3) is 3.73. The number of ether oxygens (including phenoxy) is 2. The second-order valence-corrected chi connectivity index (χ2v) is 4.26. The highest BCUT2D eigenvalue weighted by molar-refractivity contribution is 6.29. The molecule has 0 atom stereocenters. The molecule has 2 rings (SSSR count). The van der Waals surface area contributed by atoms with Crippen molar-refractivity contribution in [1.82, 2.24) is 9.97 Å². The molecule has 0 aliphatic heterocycles. The van der Waals surface area contributed by atoms with E-state index >= 15 is 0 Å². The Morgan fingerprint density at radius 1 is 1.19 bits per heavy atom. The van der Waals surface area contributed by atoms with Crippen molar-refractivity contribution in [3.63, 3.8) is 0 Å². The monoisotopic (exact) mass is 308 g/mol. The summed E-state index contributed by atoms with van der Waals surface area (Å²) in [5, 5.41) is 14.1. The fraction of sp³-hybridized carbons (Fsp3) is 0.154. The standard InChI is InChI=1S/C13H13ClN4O3/c1-20-9-3-8(4-10(21-2)13(9)19)6-17-18-12-5-11(14)15-7-16-12/h3-7,19H,1-2H3,(H,15,16,18). The zero-order chi connectivity index (χ0) is 15.2. The lowest BCUT2D eigenvalue weighted by Crippen LogP contribution is -1.95. The largest absolute Gasteiger partial charge is 0.502 e. The molecule has 1 aromatic carbocycles. The summed E-state index contributed by atoms with van der Waals surface area (Å²) in [4.78, 5) is 7.71. The Morgan fingerprint density at radius 2 is 1.86 bits per heavy atom. The third-order valence-electron chi connectivity index (χ3n) is 2.53. The predicted molar refractivity (Wildman–Crippen MR) is 79.5 cm³/mol. The van der Waals surface area contributed by atoms with E-state index < -0.39 is 0 Å². The summed E-state index contributed by atoms with van der Waals surface area (Å²) in [5.74, 6) is 0.985. The van der Waals surface area contributed by atoms with Gasteiger partial charge in [-0.15, -0.1) is 0 Å². The number of nitrogens with one attached hydrogen (secondary N) is 1. The van der Waals surface area contributed by atoms with Crippen LogP contribution in [0.4, 0.5) is 5.82 Å². The van der Waals surface area contributed by atoms with E-state index in [1.807, 2.05) is 0 Å². The Bertz CT molecular complexity index is 639. The minimum atomic E-state index is -0.0623. The number of halogens is 1. The number of phenolic OH excluding ortho intramolecular Hbond substituents is 1. The Kier molecular flexibility index (Phi) is 4.78. The minimum Gasteiger partial charge on any atom is -0.502 e. The van der Waals surface area contributed by atoms with Gasteiger partial charge in [0.1, 0.15) is 11.5 Å². The van der Waals surface area contributed by atoms with Gasteiger partial charge in [-0.05, 0) is 12.1 Å². The summed E-state index contributed by atoms with van der Waals surface area (Å²) in [6.45, 7) is 0. The number of benzene rings is 1. The van der Waals surface area contributed by atoms with Crippen LogP contribution < -0.4 is 14.9 Å². The van der Waals surface area contributed by atoms with Crippen LogP contribution in [0.5, 0.6) is 17.2 Å². The number of aromatic nitrogens is 2. The van der Waals surface area contributed by atoms with E-state index in [2.05, 4.69) is 20.5 Å². The molecule has 0 fully saturated rings. The molecule has 0 saturated carbocycles. The number of anilines is 1. The molecule has 0 saturated heterocycles. The molecule has 0 spiro atoms. The van der Waals surface area contributed by atoms with E-state index in [9.17, 15) is 5.11 Å². The number of hydrogen-bond donors (Lipinski definition) is 2. The molecule has 0 aliphatic rings. The normalized spacial score (nSPS) is 10.6. The van der Waals surface area contributed by atoms with Crippen LogP contribution in [-0.4, -0.2) is 35.5 Å². The van der Waals surface area contributed by atoms with Gasteiger partial charge < -0.3 is 14.6 Å². The van der Waals surface area contributed by atoms with Crippen molar-refractivity contribution in [2.75, 3.05) is 19.6 Å². The number of phenols is 1. The Labute approximate surface area is 126 Å². The van der Waals surface area contributed by atoms with Crippen LogP contribution in [0.3, 0.4) is 0 Å². The average Bonchev–Trinajstić information content (AvgIpc) is 2.48. The van der Waals surface area contributed by atoms with Crippen molar-refractivity contribution in [1.29, 1.82) is 0 Å². The topological polar surface area (TPSA) is 88.9 Å². The minimum absolute atomic E-state index is 0.0623. The van der Waals surface area contributed by atoms with Crippen LogP contribution in [0, 0.1) is 0 Å². The molecule has 0 unspecified atom stereocenters. The first kappa shape index (κ1) is 14.9. The molecule has 0 amide bonds. The van der Waals surface area contributed by atoms with Gasteiger partial charge in [0, 0.05) is 11.6 Å². The van der Waals surface area contributed by atoms with Crippen LogP contribution in [0.15, 0.2) is 29.6 Å². The van der Waals surface area contributed by atoms with Crippen molar-refractivity contribution < 1.29 is 14.6 Å². The van der Waals surface area contributed by atoms with Gasteiger partial charge in [-0.25, -0.2) is 9.97 Å². The van der Waals surface area contributed by atoms with Crippen molar-refractivity contribution in [3.05, 3.63) is 35.2 Å². The fourth-order valence-electron chi connectivity index (χ4n) is 1.56. The van der Waals surface area contributed by atoms with Crippen LogP contribution in [0.2, 0.25) is 5.15 Å². The molecule has 2 N–H and O–H groups in total. The number of hydrogen-bond acceptors (Lipinski definition) is 7. The predicted octanol–water partition coefficient (Wildman–Crippen LogP) is 2.30. The number of aromatic hydroxyl groups is 1. The van der Waals surface area contributed by atoms with Gasteiger partial charge in [-0.1, -0.05) is 11.6 Å². The van der Waals surface area contributed by atoms with Crippen LogP contribution >= 0.6 is 11.6 Å². The molecule has 7 nitrogen and oxygen atoms in total. The quantitative estimate of drug-likeness (QED) is 0.500. The van der Waals surface area contributed by atoms with Crippen molar-refractivity contribution >= 4 is 23.6 Å². The Hall–Kier alpha value is -2.54. The molecule has 21 heavy (non-hydrogen) atoms. The lowest BCUT2D eigenvalue weighted by atomic mass is 10.2. The number of methoxy groups -OCH3 is 2. The van der Waals surface area contributed by atoms with E-state index in [1.54, 1.807) is 12.1 Å². The SMILES string of the molecule is COc1cc(C=NNc2cc(Cl)ncn2)cc(OC)c1O. The number of rotatable bonds is 5. The molecule has 0 bridgehead atoms. The van der Waals surface area contributed by atoms with Crippen LogP contribution in [0.1, 0.15) is 5.56 Å². The molecular formula is C13H13ClN4O3. The first-order chi connectivity index (χ1) is 10.1. The summed E-state index contributed by atoms with van der Waals surface area (Å²) in [5.41, 5.74) is 3.39. The van der Waals surface area contributed by atoms with Gasteiger partial charge in [0.2, 0.25) is 5.75 Å². The summed E-state index contributed by atoms with van der Waals surface area (Å²) in [6.07, 6.45) is 2.85. The second kappa shape index (κ2) is 6.76. The van der Waals surface area contributed by atoms with Gasteiger partial charge in [-0.2, -0.15) is 5.10 Å². The second-order valence-electron chi connectivity index (χ2n) is 3.87. The smallest absolute Gasteiger partial charge is 0.200 e. The van der Waals surface area contributed by atoms with Gasteiger partial charge in [-0.3, -0.25) is 5.43 Å². The molecule has 0 aliphatic carbocycles. The van der Waals surface area contributed by atoms with E-state index in [-0.39, 0.29) is 5.75 Å². The number of nitrogens with zero attached hydrogens (tertiary/aromatic N) is 3. The lowest BCUT2D eigenvalue weighted by molar-refractivity contribution is 0.340. The maximum absolute atomic E-state index is 9.81. The first-order valence-electron chi connectivity index (χ1n) is 5.85. The summed E-state index contributed by atoms with van der Waals surface area (Å²) in [6, 6.07) is 4.78. The zero-order valence-corrected chi connectivity index (χ0v) is 12.1. The van der Waals surface area contributed by atoms with E-state index in [0.29, 0.717) is 28.0 Å². The molecule has 1 heterocycles. The maximum atomic E-state index is 9.81. The number of hydrazone groups is 1. The third-order valence-corrected chi connectivity index (χ3v) is 2.74. The van der Waals surface area contributed by atoms with Crippen molar-refractivity contribution in [2.45, 2.75) is 0 Å². The fourth-order valence-corrected chi connectivity index (χ4v) is 1.70. The van der Waals surface area contributed by atoms with E-state index in [1.165, 1.54) is 32.8 Å². The maximum Gasteiger partial charge on any atom is 0.200 e. The highest BCUT2D eigenvalue weighted by atomic mass is 35.5. The van der Waals surface area contributed by atoms with Gasteiger partial charge in [0.15, 0.2) is 17.3 Å². The van der Waals surface area contributed by atoms with Crippen LogP contribution in [-0.2, 0) is 0 Å². The van der Waals surface area contributed by atoms with E-state index in [4.69, 9.17) is 21.1 Å². The first-order valence-corrected chi connectivity index (χ1v) is 6.23. The summed E-state index contributed by atoms with van der Waals surface area (Å²) >= 11 is 5.73. The van der Waals surface area contributed by atoms with Gasteiger partial charge in [0.05, 0.1) is 20.4 Å². The van der Waals surface area contributed by atoms with Crippen molar-refractivity contribution in [2.24, 2.45) is 5.10 Å². The molecular weight excluding hydrogens is 296 g/mol. The molecule has 110 valence electrons. The summed E-state index contributed by atoms with van der Waals surface area (Å²) in [7, 11) is 2.91. The summed E-state index contributed by atoms with van der Waals surface area (Å²) < 4.78 is 10.1. The Morgan fingerprint density at radius 3 is 2.43 bits per heavy atom. The zero-order valence-electron chi connectivity index (χ0n) is 11.4. The van der Waals surface area contributed by atoms with E-state index in [0.717, 1.165) is 0 Å². The Balaban J connectivity index is 2.17. The molecule has 1 aromatic heterocycles. The highest BCUT2D eigenvalue weighted by Crippen LogP contribution is 2.36. The molecule has 8 heteroatoms. The van der Waals surface area contributed by atoms with Gasteiger partial charge in [0.25, 0.3) is 0 Å². The van der Waals surface area contributed by atoms with Gasteiger partial charge >= 0.3 is 0 Å². The van der Waals surface area contributed by atoms with Crippen molar-refractivity contribution in [3.8, 4) is 17.2 Å². The molecule has 2 aromatic rings. The highest BCUT2D eigenvalue weighted by Gasteiger charge is 2.10. The lowest BCUT2D eigenvalue weighted by Gasteiger charge is -2.09. The average molecular weight is 309 g/mol. The van der Waals surface area contributed by atoms with Crippen LogP contribution in [0.25, 0.3) is 0 Å².